The van der Waals surface area contributed by atoms with Gasteiger partial charge in [0.2, 0.25) is 0 Å². The Labute approximate surface area is 274 Å². The van der Waals surface area contributed by atoms with Crippen molar-refractivity contribution in [2.24, 2.45) is 9.98 Å². The molecule has 0 aliphatic rings. The number of nitrogens with zero attached hydrogens (tertiary/aromatic N) is 3. The molecule has 3 nitrogen and oxygen atoms in total. The predicted molar refractivity (Wildman–Crippen MR) is 180 cm³/mol. The van der Waals surface area contributed by atoms with Gasteiger partial charge in [-0.15, -0.1) is 59.7 Å². The summed E-state index contributed by atoms with van der Waals surface area (Å²) in [6.45, 7) is 0. The zero-order valence-electron chi connectivity index (χ0n) is 24.6. The average Bonchev–Trinajstić information content (AvgIpc) is 3.08. The van der Waals surface area contributed by atoms with Crippen LogP contribution in [0.2, 0.25) is 0 Å². The summed E-state index contributed by atoms with van der Waals surface area (Å²) in [7, 11) is 3.66. The first-order valence-corrected chi connectivity index (χ1v) is 14.3. The molecule has 0 aromatic heterocycles. The van der Waals surface area contributed by atoms with E-state index in [1.165, 1.54) is 5.56 Å². The van der Waals surface area contributed by atoms with Crippen LogP contribution in [-0.4, -0.2) is 25.5 Å². The smallest absolute Gasteiger partial charge is 0.346 e. The van der Waals surface area contributed by atoms with E-state index in [1.807, 2.05) is 56.6 Å². The third-order valence-electron chi connectivity index (χ3n) is 7.33. The first-order valence-electron chi connectivity index (χ1n) is 14.3. The van der Waals surface area contributed by atoms with Crippen molar-refractivity contribution in [1.29, 1.82) is 0 Å². The molecule has 0 saturated carbocycles. The molecule has 4 heteroatoms. The molecule has 0 heterocycles. The second-order valence-electron chi connectivity index (χ2n) is 10.0. The predicted octanol–water partition coefficient (Wildman–Crippen LogP) is 9.36. The third-order valence-corrected chi connectivity index (χ3v) is 7.33. The Morgan fingerprint density at radius 2 is 0.864 bits per heavy atom. The topological polar surface area (TPSA) is 28.0 Å². The summed E-state index contributed by atoms with van der Waals surface area (Å²) in [5.74, 6) is 0. The molecule has 0 atom stereocenters. The van der Waals surface area contributed by atoms with Crippen molar-refractivity contribution >= 4 is 28.5 Å². The number of aliphatic imine (C=N–C) groups is 2. The molecule has 0 saturated heterocycles. The molecule has 6 rings (SSSR count). The molecule has 0 aliphatic carbocycles. The van der Waals surface area contributed by atoms with Gasteiger partial charge in [0.25, 0.3) is 0 Å². The van der Waals surface area contributed by atoms with E-state index < -0.39 is 0 Å². The Balaban J connectivity index is 0.00000384. The minimum atomic E-state index is 0. The quantitative estimate of drug-likeness (QED) is 0.113. The van der Waals surface area contributed by atoms with E-state index in [0.717, 1.165) is 56.3 Å². The molecular formula is C40H31N3Pt. The fourth-order valence-electron chi connectivity index (χ4n) is 5.29. The van der Waals surface area contributed by atoms with E-state index in [4.69, 9.17) is 0 Å². The van der Waals surface area contributed by atoms with Crippen LogP contribution in [0.5, 0.6) is 0 Å². The standard InChI is InChI=1S/C40H31N3.Pt/c1-41-39(32-16-8-4-9-17-32)34-20-12-22-37(28-34)43(36-26-24-31(25-27-36)30-14-6-3-7-15-30)38-23-13-21-35(29-38)40(42-2)33-18-10-5-11-19-33;/h3-27H,1-2H3;/q-2;+2. The van der Waals surface area contributed by atoms with Gasteiger partial charge in [-0.1, -0.05) is 103 Å². The number of hydrogen-bond donors (Lipinski definition) is 0. The molecule has 6 aromatic rings. The van der Waals surface area contributed by atoms with Gasteiger partial charge in [0.1, 0.15) is 0 Å². The maximum atomic E-state index is 4.64. The van der Waals surface area contributed by atoms with Gasteiger partial charge >= 0.3 is 21.1 Å². The van der Waals surface area contributed by atoms with E-state index in [-0.39, 0.29) is 21.1 Å². The van der Waals surface area contributed by atoms with Crippen LogP contribution in [0.25, 0.3) is 11.1 Å². The maximum Gasteiger partial charge on any atom is 2.00 e. The van der Waals surface area contributed by atoms with Crippen molar-refractivity contribution in [1.82, 2.24) is 0 Å². The summed E-state index contributed by atoms with van der Waals surface area (Å²) in [5.41, 5.74) is 10.9. The summed E-state index contributed by atoms with van der Waals surface area (Å²) in [6.07, 6.45) is 0. The van der Waals surface area contributed by atoms with E-state index in [9.17, 15) is 0 Å². The number of benzene rings is 6. The number of anilines is 3. The van der Waals surface area contributed by atoms with Gasteiger partial charge in [-0.3, -0.25) is 0 Å². The average molecular weight is 749 g/mol. The van der Waals surface area contributed by atoms with Crippen LogP contribution < -0.4 is 4.90 Å². The van der Waals surface area contributed by atoms with Gasteiger partial charge in [-0.2, -0.15) is 0 Å². The Morgan fingerprint density at radius 3 is 1.30 bits per heavy atom. The monoisotopic (exact) mass is 748 g/mol. The summed E-state index contributed by atoms with van der Waals surface area (Å²) in [4.78, 5) is 11.5. The Kier molecular flexibility index (Phi) is 10.1. The molecule has 0 aliphatic heterocycles. The fourth-order valence-corrected chi connectivity index (χ4v) is 5.29. The Bertz CT molecular complexity index is 1760. The van der Waals surface area contributed by atoms with Gasteiger partial charge in [0.05, 0.1) is 0 Å². The van der Waals surface area contributed by atoms with Gasteiger partial charge in [-0.05, 0) is 57.2 Å². The first kappa shape index (κ1) is 30.6. The second-order valence-corrected chi connectivity index (χ2v) is 10.0. The molecule has 216 valence electrons. The van der Waals surface area contributed by atoms with Crippen molar-refractivity contribution in [2.45, 2.75) is 0 Å². The fraction of sp³-hybridized carbons (Fsp3) is 0.0500. The van der Waals surface area contributed by atoms with Crippen LogP contribution in [0, 0.1) is 12.1 Å². The minimum absolute atomic E-state index is 0. The normalized spacial score (nSPS) is 11.5. The largest absolute Gasteiger partial charge is 2.00 e. The van der Waals surface area contributed by atoms with Crippen LogP contribution in [-0.2, 0) is 21.1 Å². The molecule has 0 unspecified atom stereocenters. The molecular weight excluding hydrogens is 718 g/mol. The van der Waals surface area contributed by atoms with Crippen LogP contribution in [0.1, 0.15) is 22.3 Å². The summed E-state index contributed by atoms with van der Waals surface area (Å²) < 4.78 is 0. The Hall–Kier alpha value is -4.85. The van der Waals surface area contributed by atoms with E-state index in [1.54, 1.807) is 0 Å². The van der Waals surface area contributed by atoms with Crippen molar-refractivity contribution < 1.29 is 21.1 Å². The van der Waals surface area contributed by atoms with Crippen LogP contribution in [0.15, 0.2) is 162 Å². The zero-order valence-corrected chi connectivity index (χ0v) is 26.9. The summed E-state index contributed by atoms with van der Waals surface area (Å²) >= 11 is 0. The molecule has 0 N–H and O–H groups in total. The van der Waals surface area contributed by atoms with Crippen molar-refractivity contribution in [3.8, 4) is 11.1 Å². The summed E-state index contributed by atoms with van der Waals surface area (Å²) in [5, 5.41) is 0. The Morgan fingerprint density at radius 1 is 0.455 bits per heavy atom. The molecule has 0 fully saturated rings. The van der Waals surface area contributed by atoms with E-state index in [2.05, 4.69) is 136 Å². The van der Waals surface area contributed by atoms with Crippen molar-refractivity contribution in [3.63, 3.8) is 0 Å². The zero-order chi connectivity index (χ0) is 29.4. The van der Waals surface area contributed by atoms with Gasteiger partial charge in [-0.25, -0.2) is 0 Å². The number of rotatable bonds is 8. The van der Waals surface area contributed by atoms with Crippen molar-refractivity contribution in [3.05, 3.63) is 186 Å². The molecule has 0 radical (unpaired) electrons. The molecule has 0 spiro atoms. The number of hydrogen-bond acceptors (Lipinski definition) is 3. The molecule has 44 heavy (non-hydrogen) atoms. The molecule has 6 aromatic carbocycles. The third kappa shape index (κ3) is 6.70. The van der Waals surface area contributed by atoms with E-state index >= 15 is 0 Å². The minimum Gasteiger partial charge on any atom is -0.346 e. The van der Waals surface area contributed by atoms with Crippen molar-refractivity contribution in [2.75, 3.05) is 19.0 Å². The van der Waals surface area contributed by atoms with Gasteiger partial charge < -0.3 is 14.9 Å². The summed E-state index contributed by atoms with van der Waals surface area (Å²) in [6, 6.07) is 59.3. The molecule has 0 bridgehead atoms. The SMILES string of the molecule is CN=C(c1[c-]c(N(c2[c-]c(C(=NC)c3ccccc3)ccc2)c2ccc(-c3ccccc3)cc2)ccc1)c1ccccc1.[Pt+2]. The van der Waals surface area contributed by atoms with Crippen LogP contribution in [0.3, 0.4) is 0 Å². The van der Waals surface area contributed by atoms with Crippen LogP contribution in [0.4, 0.5) is 17.1 Å². The van der Waals surface area contributed by atoms with Crippen LogP contribution >= 0.6 is 0 Å². The van der Waals surface area contributed by atoms with Gasteiger partial charge in [0, 0.05) is 19.8 Å². The van der Waals surface area contributed by atoms with Gasteiger partial charge in [0.15, 0.2) is 0 Å². The van der Waals surface area contributed by atoms with E-state index in [0.29, 0.717) is 0 Å². The maximum absolute atomic E-state index is 4.64. The molecule has 0 amide bonds. The first-order chi connectivity index (χ1) is 21.2. The second kappa shape index (κ2) is 14.6.